The van der Waals surface area contributed by atoms with E-state index in [2.05, 4.69) is 28.7 Å². The molecule has 3 rings (SSSR count). The van der Waals surface area contributed by atoms with Crippen molar-refractivity contribution in [3.05, 3.63) is 75.2 Å². The van der Waals surface area contributed by atoms with Crippen LogP contribution in [0, 0.1) is 0 Å². The van der Waals surface area contributed by atoms with Gasteiger partial charge in [0, 0.05) is 10.6 Å². The highest BCUT2D eigenvalue weighted by molar-refractivity contribution is 6.41. The van der Waals surface area contributed by atoms with Crippen LogP contribution in [0.5, 0.6) is 0 Å². The van der Waals surface area contributed by atoms with Gasteiger partial charge in [-0.1, -0.05) is 77.3 Å². The fourth-order valence-electron chi connectivity index (χ4n) is 2.39. The number of hydrogen-bond acceptors (Lipinski definition) is 2. The van der Waals surface area contributed by atoms with Crippen molar-refractivity contribution in [2.75, 3.05) is 5.43 Å². The van der Waals surface area contributed by atoms with Crippen LogP contribution in [0.25, 0.3) is 10.8 Å². The zero-order valence-electron chi connectivity index (χ0n) is 12.3. The molecule has 1 N–H and O–H groups in total. The van der Waals surface area contributed by atoms with Crippen molar-refractivity contribution in [2.24, 2.45) is 5.10 Å². The van der Waals surface area contributed by atoms with Crippen LogP contribution in [0.1, 0.15) is 12.5 Å². The molecule has 0 heterocycles. The summed E-state index contributed by atoms with van der Waals surface area (Å²) in [7, 11) is 0. The van der Waals surface area contributed by atoms with E-state index in [1.165, 1.54) is 5.39 Å². The Bertz CT molecular complexity index is 875. The average Bonchev–Trinajstić information content (AvgIpc) is 2.53. The maximum Gasteiger partial charge on any atom is 0.0935 e. The summed E-state index contributed by atoms with van der Waals surface area (Å²) in [6.07, 6.45) is 0. The highest BCUT2D eigenvalue weighted by Crippen LogP contribution is 2.33. The summed E-state index contributed by atoms with van der Waals surface area (Å²) in [5.74, 6) is 0. The first-order chi connectivity index (χ1) is 11.1. The van der Waals surface area contributed by atoms with Gasteiger partial charge < -0.3 is 0 Å². The van der Waals surface area contributed by atoms with Gasteiger partial charge in [0.05, 0.1) is 21.4 Å². The van der Waals surface area contributed by atoms with E-state index in [9.17, 15) is 0 Å². The van der Waals surface area contributed by atoms with Gasteiger partial charge in [-0.15, -0.1) is 0 Å². The molecule has 0 unspecified atom stereocenters. The van der Waals surface area contributed by atoms with Crippen LogP contribution >= 0.6 is 34.8 Å². The number of anilines is 1. The molecule has 0 amide bonds. The van der Waals surface area contributed by atoms with E-state index in [1.807, 2.05) is 31.2 Å². The van der Waals surface area contributed by atoms with Crippen molar-refractivity contribution in [3.8, 4) is 0 Å². The van der Waals surface area contributed by atoms with Crippen molar-refractivity contribution >= 4 is 57.0 Å². The highest BCUT2D eigenvalue weighted by Gasteiger charge is 2.08. The van der Waals surface area contributed by atoms with E-state index >= 15 is 0 Å². The van der Waals surface area contributed by atoms with E-state index in [1.54, 1.807) is 12.1 Å². The molecular weight excluding hydrogens is 351 g/mol. The predicted molar refractivity (Wildman–Crippen MR) is 101 cm³/mol. The Kier molecular flexibility index (Phi) is 4.76. The Morgan fingerprint density at radius 3 is 2.30 bits per heavy atom. The minimum atomic E-state index is 0.428. The third-order valence-corrected chi connectivity index (χ3v) is 4.34. The number of halogens is 3. The van der Waals surface area contributed by atoms with Gasteiger partial charge >= 0.3 is 0 Å². The summed E-state index contributed by atoms with van der Waals surface area (Å²) in [6.45, 7) is 1.94. The molecule has 2 nitrogen and oxygen atoms in total. The third-order valence-electron chi connectivity index (χ3n) is 3.52. The Morgan fingerprint density at radius 2 is 1.57 bits per heavy atom. The molecule has 0 atom stereocenters. The molecule has 23 heavy (non-hydrogen) atoms. The average molecular weight is 364 g/mol. The molecule has 0 bridgehead atoms. The van der Waals surface area contributed by atoms with E-state index in [4.69, 9.17) is 34.8 Å². The van der Waals surface area contributed by atoms with Crippen LogP contribution in [-0.4, -0.2) is 5.71 Å². The van der Waals surface area contributed by atoms with Crippen molar-refractivity contribution in [1.29, 1.82) is 0 Å². The first-order valence-electron chi connectivity index (χ1n) is 6.99. The molecule has 5 heteroatoms. The van der Waals surface area contributed by atoms with E-state index in [0.29, 0.717) is 20.8 Å². The predicted octanol–water partition coefficient (Wildman–Crippen LogP) is 6.64. The SMILES string of the molecule is C/C(=N\Nc1c(Cl)cc(Cl)cc1Cl)c1cccc2ccccc12. The van der Waals surface area contributed by atoms with Gasteiger partial charge in [0.25, 0.3) is 0 Å². The Labute approximate surface area is 149 Å². The van der Waals surface area contributed by atoms with E-state index in [0.717, 1.165) is 16.7 Å². The summed E-state index contributed by atoms with van der Waals surface area (Å²) in [5, 5.41) is 8.08. The third kappa shape index (κ3) is 3.45. The van der Waals surface area contributed by atoms with Crippen molar-refractivity contribution in [3.63, 3.8) is 0 Å². The van der Waals surface area contributed by atoms with Crippen LogP contribution in [-0.2, 0) is 0 Å². The van der Waals surface area contributed by atoms with Gasteiger partial charge in [-0.2, -0.15) is 5.10 Å². The van der Waals surface area contributed by atoms with Gasteiger partial charge in [0.15, 0.2) is 0 Å². The zero-order valence-corrected chi connectivity index (χ0v) is 14.5. The quantitative estimate of drug-likeness (QED) is 0.409. The lowest BCUT2D eigenvalue weighted by molar-refractivity contribution is 1.32. The lowest BCUT2D eigenvalue weighted by Crippen LogP contribution is -2.01. The van der Waals surface area contributed by atoms with Gasteiger partial charge in [0.1, 0.15) is 0 Å². The van der Waals surface area contributed by atoms with Crippen molar-refractivity contribution in [2.45, 2.75) is 6.92 Å². The molecule has 3 aromatic rings. The molecule has 0 saturated heterocycles. The molecular formula is C18H13Cl3N2. The second-order valence-electron chi connectivity index (χ2n) is 5.08. The Morgan fingerprint density at radius 1 is 0.913 bits per heavy atom. The van der Waals surface area contributed by atoms with Gasteiger partial charge in [-0.3, -0.25) is 5.43 Å². The summed E-state index contributed by atoms with van der Waals surface area (Å²) >= 11 is 18.2. The number of hydrogen-bond donors (Lipinski definition) is 1. The molecule has 0 saturated carbocycles. The van der Waals surface area contributed by atoms with Gasteiger partial charge in [-0.25, -0.2) is 0 Å². The topological polar surface area (TPSA) is 24.4 Å². The summed E-state index contributed by atoms with van der Waals surface area (Å²) < 4.78 is 0. The molecule has 0 aliphatic rings. The molecule has 0 aliphatic heterocycles. The standard InChI is InChI=1S/C18H13Cl3N2/c1-11(14-8-4-6-12-5-2-3-7-15(12)14)22-23-18-16(20)9-13(19)10-17(18)21/h2-10,23H,1H3/b22-11+. The minimum Gasteiger partial charge on any atom is -0.275 e. The number of benzene rings is 3. The highest BCUT2D eigenvalue weighted by atomic mass is 35.5. The Hall–Kier alpha value is -1.74. The minimum absolute atomic E-state index is 0.428. The maximum atomic E-state index is 6.16. The molecule has 0 radical (unpaired) electrons. The number of nitrogens with zero attached hydrogens (tertiary/aromatic N) is 1. The normalized spacial score (nSPS) is 11.7. The lowest BCUT2D eigenvalue weighted by atomic mass is 10.0. The molecule has 116 valence electrons. The summed E-state index contributed by atoms with van der Waals surface area (Å²) in [4.78, 5) is 0. The Balaban J connectivity index is 1.97. The first kappa shape index (κ1) is 16.1. The maximum absolute atomic E-state index is 6.16. The molecule has 0 fully saturated rings. The zero-order chi connectivity index (χ0) is 16.4. The van der Waals surface area contributed by atoms with Gasteiger partial charge in [-0.05, 0) is 29.8 Å². The molecule has 0 spiro atoms. The largest absolute Gasteiger partial charge is 0.275 e. The smallest absolute Gasteiger partial charge is 0.0935 e. The number of rotatable bonds is 3. The van der Waals surface area contributed by atoms with Crippen LogP contribution in [0.4, 0.5) is 5.69 Å². The number of nitrogens with one attached hydrogen (secondary N) is 1. The molecule has 0 aliphatic carbocycles. The van der Waals surface area contributed by atoms with Crippen molar-refractivity contribution in [1.82, 2.24) is 0 Å². The lowest BCUT2D eigenvalue weighted by Gasteiger charge is -2.09. The van der Waals surface area contributed by atoms with Crippen LogP contribution in [0.2, 0.25) is 15.1 Å². The summed E-state index contributed by atoms with van der Waals surface area (Å²) in [6, 6.07) is 17.6. The summed E-state index contributed by atoms with van der Waals surface area (Å²) in [5.41, 5.74) is 5.37. The van der Waals surface area contributed by atoms with Crippen molar-refractivity contribution < 1.29 is 0 Å². The number of hydrazone groups is 1. The van der Waals surface area contributed by atoms with E-state index < -0.39 is 0 Å². The van der Waals surface area contributed by atoms with Crippen LogP contribution < -0.4 is 5.43 Å². The fourth-order valence-corrected chi connectivity index (χ4v) is 3.29. The van der Waals surface area contributed by atoms with E-state index in [-0.39, 0.29) is 0 Å². The monoisotopic (exact) mass is 362 g/mol. The molecule has 3 aromatic carbocycles. The first-order valence-corrected chi connectivity index (χ1v) is 8.12. The van der Waals surface area contributed by atoms with Gasteiger partial charge in [0.2, 0.25) is 0 Å². The van der Waals surface area contributed by atoms with Crippen LogP contribution in [0.15, 0.2) is 59.7 Å². The fraction of sp³-hybridized carbons (Fsp3) is 0.0556. The second kappa shape index (κ2) is 6.79. The number of fused-ring (bicyclic) bond motifs is 1. The second-order valence-corrected chi connectivity index (χ2v) is 6.33. The molecule has 0 aromatic heterocycles. The van der Waals surface area contributed by atoms with Crippen LogP contribution in [0.3, 0.4) is 0 Å².